The maximum absolute atomic E-state index is 6.08. The summed E-state index contributed by atoms with van der Waals surface area (Å²) in [5, 5.41) is 6.74. The predicted molar refractivity (Wildman–Crippen MR) is 89.5 cm³/mol. The molecule has 0 saturated carbocycles. The molecule has 23 heavy (non-hydrogen) atoms. The van der Waals surface area contributed by atoms with E-state index in [1.165, 1.54) is 11.1 Å². The van der Waals surface area contributed by atoms with Gasteiger partial charge in [-0.05, 0) is 37.4 Å². The molecule has 4 rings (SSSR count). The van der Waals surface area contributed by atoms with Crippen molar-refractivity contribution in [3.63, 3.8) is 0 Å². The van der Waals surface area contributed by atoms with Crippen LogP contribution in [0.3, 0.4) is 0 Å². The number of nitrogen functional groups attached to an aromatic ring is 1. The van der Waals surface area contributed by atoms with Crippen LogP contribution in [0, 0.1) is 0 Å². The Hall–Kier alpha value is -2.34. The van der Waals surface area contributed by atoms with Crippen LogP contribution >= 0.6 is 0 Å². The quantitative estimate of drug-likeness (QED) is 0.797. The number of nitrogens with two attached hydrogens (primary N) is 1. The van der Waals surface area contributed by atoms with Crippen molar-refractivity contribution < 1.29 is 4.74 Å². The van der Waals surface area contributed by atoms with Crippen LogP contribution in [0.15, 0.2) is 24.3 Å². The van der Waals surface area contributed by atoms with E-state index in [9.17, 15) is 0 Å². The minimum atomic E-state index is 0.151. The number of aryl methyl sites for hydroxylation is 1. The second kappa shape index (κ2) is 6.04. The zero-order valence-electron chi connectivity index (χ0n) is 13.0. The molecular formula is C17H21N5O. The van der Waals surface area contributed by atoms with E-state index in [0.717, 1.165) is 56.2 Å². The molecule has 0 spiro atoms. The van der Waals surface area contributed by atoms with Crippen LogP contribution in [0.5, 0.6) is 5.75 Å². The van der Waals surface area contributed by atoms with Gasteiger partial charge in [0, 0.05) is 12.1 Å². The fourth-order valence-corrected chi connectivity index (χ4v) is 3.26. The van der Waals surface area contributed by atoms with E-state index in [0.29, 0.717) is 5.95 Å². The van der Waals surface area contributed by atoms with Gasteiger partial charge in [0.15, 0.2) is 0 Å². The summed E-state index contributed by atoms with van der Waals surface area (Å²) in [6, 6.07) is 8.25. The third kappa shape index (κ3) is 2.94. The van der Waals surface area contributed by atoms with E-state index in [1.807, 2.05) is 12.1 Å². The largest absolute Gasteiger partial charge is 0.488 e. The molecular weight excluding hydrogens is 290 g/mol. The van der Waals surface area contributed by atoms with E-state index in [2.05, 4.69) is 32.7 Å². The van der Waals surface area contributed by atoms with Gasteiger partial charge in [0.2, 0.25) is 5.95 Å². The lowest BCUT2D eigenvalue weighted by Gasteiger charge is -2.27. The van der Waals surface area contributed by atoms with Crippen molar-refractivity contribution >= 4 is 11.8 Å². The van der Waals surface area contributed by atoms with Gasteiger partial charge in [-0.15, -0.1) is 0 Å². The molecule has 4 N–H and O–H groups in total. The normalized spacial score (nSPS) is 19.4. The zero-order chi connectivity index (χ0) is 15.6. The van der Waals surface area contributed by atoms with E-state index in [4.69, 9.17) is 10.5 Å². The van der Waals surface area contributed by atoms with E-state index < -0.39 is 0 Å². The molecule has 0 amide bonds. The number of rotatable bonds is 3. The average molecular weight is 311 g/mol. The van der Waals surface area contributed by atoms with Gasteiger partial charge in [0.1, 0.15) is 17.7 Å². The number of ether oxygens (including phenoxy) is 1. The molecule has 1 atom stereocenters. The summed E-state index contributed by atoms with van der Waals surface area (Å²) < 4.78 is 6.08. The first-order valence-electron chi connectivity index (χ1n) is 8.14. The van der Waals surface area contributed by atoms with Crippen LogP contribution in [-0.4, -0.2) is 29.2 Å². The summed E-state index contributed by atoms with van der Waals surface area (Å²) in [5.41, 5.74) is 9.30. The van der Waals surface area contributed by atoms with Gasteiger partial charge in [-0.1, -0.05) is 18.2 Å². The Bertz CT molecular complexity index is 718. The Balaban J connectivity index is 1.47. The highest BCUT2D eigenvalue weighted by Crippen LogP contribution is 2.27. The molecule has 2 aromatic rings. The summed E-state index contributed by atoms with van der Waals surface area (Å²) in [6.07, 6.45) is 3.13. The van der Waals surface area contributed by atoms with Gasteiger partial charge < -0.3 is 21.1 Å². The lowest BCUT2D eigenvalue weighted by molar-refractivity contribution is 0.185. The highest BCUT2D eigenvalue weighted by atomic mass is 16.5. The Labute approximate surface area is 135 Å². The number of aromatic nitrogens is 2. The third-order valence-electron chi connectivity index (χ3n) is 4.45. The molecule has 6 heteroatoms. The molecule has 1 aromatic carbocycles. The van der Waals surface area contributed by atoms with Crippen LogP contribution in [-0.2, 0) is 19.4 Å². The van der Waals surface area contributed by atoms with Crippen molar-refractivity contribution in [3.8, 4) is 5.75 Å². The standard InChI is InChI=1S/C17H21N5O/c18-17-21-14-10-19-8-7-13(14)16(22-17)20-9-12-6-5-11-3-1-2-4-15(11)23-12/h1-4,12,19H,5-10H2,(H3,18,20,21,22)/t12-/m1/s1. The third-order valence-corrected chi connectivity index (χ3v) is 4.45. The lowest BCUT2D eigenvalue weighted by atomic mass is 10.0. The van der Waals surface area contributed by atoms with Gasteiger partial charge in [-0.25, -0.2) is 4.98 Å². The Kier molecular flexibility index (Phi) is 3.75. The zero-order valence-corrected chi connectivity index (χ0v) is 13.0. The molecule has 0 fully saturated rings. The highest BCUT2D eigenvalue weighted by Gasteiger charge is 2.21. The van der Waals surface area contributed by atoms with Gasteiger partial charge in [-0.3, -0.25) is 0 Å². The second-order valence-corrected chi connectivity index (χ2v) is 6.05. The number of hydrogen-bond acceptors (Lipinski definition) is 6. The van der Waals surface area contributed by atoms with Gasteiger partial charge in [0.05, 0.1) is 12.2 Å². The monoisotopic (exact) mass is 311 g/mol. The maximum Gasteiger partial charge on any atom is 0.222 e. The molecule has 120 valence electrons. The minimum Gasteiger partial charge on any atom is -0.488 e. The summed E-state index contributed by atoms with van der Waals surface area (Å²) in [4.78, 5) is 8.72. The first kappa shape index (κ1) is 14.3. The molecule has 0 aliphatic carbocycles. The number of nitrogens with zero attached hydrogens (tertiary/aromatic N) is 2. The Morgan fingerprint density at radius 3 is 3.13 bits per heavy atom. The number of fused-ring (bicyclic) bond motifs is 2. The molecule has 2 aliphatic heterocycles. The summed E-state index contributed by atoms with van der Waals surface area (Å²) in [6.45, 7) is 2.43. The van der Waals surface area contributed by atoms with Crippen molar-refractivity contribution in [2.45, 2.75) is 31.9 Å². The minimum absolute atomic E-state index is 0.151. The van der Waals surface area contributed by atoms with Crippen molar-refractivity contribution in [2.24, 2.45) is 0 Å². The second-order valence-electron chi connectivity index (χ2n) is 6.05. The lowest BCUT2D eigenvalue weighted by Crippen LogP contribution is -2.32. The number of hydrogen-bond donors (Lipinski definition) is 3. The smallest absolute Gasteiger partial charge is 0.222 e. The predicted octanol–water partition coefficient (Wildman–Crippen LogP) is 1.51. The first-order chi connectivity index (χ1) is 11.3. The molecule has 2 aliphatic rings. The van der Waals surface area contributed by atoms with Crippen LogP contribution in [0.2, 0.25) is 0 Å². The van der Waals surface area contributed by atoms with Crippen LogP contribution < -0.4 is 21.1 Å². The van der Waals surface area contributed by atoms with E-state index >= 15 is 0 Å². The van der Waals surface area contributed by atoms with Crippen molar-refractivity contribution in [3.05, 3.63) is 41.1 Å². The molecule has 1 aromatic heterocycles. The fourth-order valence-electron chi connectivity index (χ4n) is 3.26. The number of para-hydroxylation sites is 1. The number of anilines is 2. The number of benzene rings is 1. The topological polar surface area (TPSA) is 85.1 Å². The molecule has 0 unspecified atom stereocenters. The molecule has 0 bridgehead atoms. The maximum atomic E-state index is 6.08. The van der Waals surface area contributed by atoms with Gasteiger partial charge in [0.25, 0.3) is 0 Å². The van der Waals surface area contributed by atoms with Crippen LogP contribution in [0.1, 0.15) is 23.2 Å². The average Bonchev–Trinajstić information content (AvgIpc) is 2.59. The van der Waals surface area contributed by atoms with Crippen LogP contribution in [0.4, 0.5) is 11.8 Å². The fraction of sp³-hybridized carbons (Fsp3) is 0.412. The first-order valence-corrected chi connectivity index (χ1v) is 8.14. The van der Waals surface area contributed by atoms with Crippen LogP contribution in [0.25, 0.3) is 0 Å². The number of nitrogens with one attached hydrogen (secondary N) is 2. The molecule has 3 heterocycles. The van der Waals surface area contributed by atoms with Crippen molar-refractivity contribution in [2.75, 3.05) is 24.1 Å². The SMILES string of the molecule is Nc1nc2c(c(NC[C@H]3CCc4ccccc4O3)n1)CCNC2. The van der Waals surface area contributed by atoms with Crippen molar-refractivity contribution in [1.29, 1.82) is 0 Å². The Morgan fingerprint density at radius 2 is 2.17 bits per heavy atom. The van der Waals surface area contributed by atoms with Gasteiger partial charge in [-0.2, -0.15) is 4.98 Å². The van der Waals surface area contributed by atoms with Gasteiger partial charge >= 0.3 is 0 Å². The highest BCUT2D eigenvalue weighted by molar-refractivity contribution is 5.51. The molecule has 0 saturated heterocycles. The van der Waals surface area contributed by atoms with E-state index in [-0.39, 0.29) is 6.10 Å². The summed E-state index contributed by atoms with van der Waals surface area (Å²) >= 11 is 0. The summed E-state index contributed by atoms with van der Waals surface area (Å²) in [5.74, 6) is 2.18. The summed E-state index contributed by atoms with van der Waals surface area (Å²) in [7, 11) is 0. The van der Waals surface area contributed by atoms with E-state index in [1.54, 1.807) is 0 Å². The molecule has 6 nitrogen and oxygen atoms in total. The Morgan fingerprint density at radius 1 is 1.26 bits per heavy atom. The van der Waals surface area contributed by atoms with Crippen molar-refractivity contribution in [1.82, 2.24) is 15.3 Å². The molecule has 0 radical (unpaired) electrons.